The van der Waals surface area contributed by atoms with Crippen LogP contribution in [-0.2, 0) is 30.6 Å². The van der Waals surface area contributed by atoms with Crippen LogP contribution < -0.4 is 56.1 Å². The van der Waals surface area contributed by atoms with E-state index in [-0.39, 0.29) is 68.6 Å². The summed E-state index contributed by atoms with van der Waals surface area (Å²) in [6, 6.07) is 5.92. The molecule has 0 aromatic heterocycles. The molecule has 1 aromatic carbocycles. The van der Waals surface area contributed by atoms with Crippen molar-refractivity contribution in [3.05, 3.63) is 29.8 Å². The van der Waals surface area contributed by atoms with E-state index in [0.29, 0.717) is 17.3 Å². The first-order valence-corrected chi connectivity index (χ1v) is 13.2. The molecule has 7 N–H and O–H groups in total. The van der Waals surface area contributed by atoms with E-state index in [1.165, 1.54) is 31.2 Å². The van der Waals surface area contributed by atoms with E-state index >= 15 is 0 Å². The molecule has 0 bridgehead atoms. The quantitative estimate of drug-likeness (QED) is 0.0362. The van der Waals surface area contributed by atoms with E-state index in [0.717, 1.165) is 0 Å². The molecule has 10 atom stereocenters. The van der Waals surface area contributed by atoms with Crippen LogP contribution in [-0.4, -0.2) is 121 Å². The van der Waals surface area contributed by atoms with Crippen LogP contribution in [0.1, 0.15) is 12.5 Å². The van der Waals surface area contributed by atoms with Crippen LogP contribution in [0.15, 0.2) is 29.4 Å². The molecule has 1 aromatic rings. The van der Waals surface area contributed by atoms with Crippen LogP contribution in [0.3, 0.4) is 0 Å². The van der Waals surface area contributed by atoms with Crippen molar-refractivity contribution >= 4 is 27.2 Å². The summed E-state index contributed by atoms with van der Waals surface area (Å²) in [5.41, 5.74) is -0.840. The normalized spacial score (nSPS) is 36.3. The van der Waals surface area contributed by atoms with Gasteiger partial charge in [0.15, 0.2) is 0 Å². The molecule has 210 valence electrons. The second-order valence-corrected chi connectivity index (χ2v) is 10.5. The number of hydrogen-bond donors (Lipinski definition) is 7. The summed E-state index contributed by atoms with van der Waals surface area (Å²) < 4.78 is 53.0. The third kappa shape index (κ3) is 9.01. The van der Waals surface area contributed by atoms with E-state index in [1.807, 2.05) is 0 Å². The van der Waals surface area contributed by atoms with Crippen LogP contribution in [0.5, 0.6) is 5.75 Å². The molecule has 0 saturated carbocycles. The standard InChI is InChI=1S/C20H29NO14S2.K/c1-8-13(23)15(25)17(27)19(32-8)33-10-4-2-9(3-5-10)6-12(21-35-37(29,30)31)36-20-18(28)16(26)14(24)11(7-22)34-20;/h2-5,8,11,13-20,22-28H,6-7H2,1H3,(H,29,30,31);/q;+1/p-1/b21-12-;/t8-,11+,13-,14+,15+,16-,17+,18+,19-,20-;/m0./s1. The molecule has 2 saturated heterocycles. The number of aliphatic hydroxyl groups excluding tert-OH is 7. The zero-order valence-corrected chi connectivity index (χ0v) is 25.0. The summed E-state index contributed by atoms with van der Waals surface area (Å²) in [5, 5.41) is 72.4. The van der Waals surface area contributed by atoms with Gasteiger partial charge in [-0.15, -0.1) is 0 Å². The number of hydrogen-bond acceptors (Lipinski definition) is 16. The summed E-state index contributed by atoms with van der Waals surface area (Å²) >= 11 is 0.599. The monoisotopic (exact) mass is 609 g/mol. The third-order valence-corrected chi connectivity index (χ3v) is 7.04. The molecule has 0 unspecified atom stereocenters. The Labute approximate surface area is 264 Å². The van der Waals surface area contributed by atoms with Crippen LogP contribution in [0.4, 0.5) is 0 Å². The fourth-order valence-corrected chi connectivity index (χ4v) is 4.91. The Morgan fingerprint density at radius 2 is 1.58 bits per heavy atom. The van der Waals surface area contributed by atoms with E-state index in [9.17, 15) is 48.7 Å². The Balaban J connectivity index is 0.00000507. The van der Waals surface area contributed by atoms with Gasteiger partial charge in [0.05, 0.1) is 12.7 Å². The molecule has 0 radical (unpaired) electrons. The summed E-state index contributed by atoms with van der Waals surface area (Å²) in [6.45, 7) is 0.812. The predicted molar refractivity (Wildman–Crippen MR) is 123 cm³/mol. The summed E-state index contributed by atoms with van der Waals surface area (Å²) in [4.78, 5) is 0. The maximum Gasteiger partial charge on any atom is 1.00 e. The molecular formula is C20H28KNO14S2. The topological polar surface area (TPSA) is 248 Å². The number of rotatable bonds is 8. The molecule has 15 nitrogen and oxygen atoms in total. The molecule has 3 rings (SSSR count). The molecule has 0 spiro atoms. The van der Waals surface area contributed by atoms with Crippen LogP contribution >= 0.6 is 11.8 Å². The fourth-order valence-electron chi connectivity index (χ4n) is 3.59. The van der Waals surface area contributed by atoms with Crippen molar-refractivity contribution in [1.29, 1.82) is 0 Å². The molecular weight excluding hydrogens is 581 g/mol. The van der Waals surface area contributed by atoms with Gasteiger partial charge in [-0.2, -0.15) is 8.42 Å². The Morgan fingerprint density at radius 3 is 2.16 bits per heavy atom. The van der Waals surface area contributed by atoms with Gasteiger partial charge in [0.1, 0.15) is 59.0 Å². The van der Waals surface area contributed by atoms with Gasteiger partial charge in [0.2, 0.25) is 6.29 Å². The Kier molecular flexibility index (Phi) is 13.3. The van der Waals surface area contributed by atoms with E-state index in [2.05, 4.69) is 9.44 Å². The molecule has 2 aliphatic heterocycles. The largest absolute Gasteiger partial charge is 1.00 e. The number of nitrogens with zero attached hydrogens (tertiary/aromatic N) is 1. The van der Waals surface area contributed by atoms with Crippen LogP contribution in [0.2, 0.25) is 0 Å². The first-order chi connectivity index (χ1) is 17.3. The van der Waals surface area contributed by atoms with Gasteiger partial charge in [0, 0.05) is 6.42 Å². The molecule has 0 aliphatic carbocycles. The number of ether oxygens (including phenoxy) is 3. The summed E-state index contributed by atoms with van der Waals surface area (Å²) in [7, 11) is -5.22. The van der Waals surface area contributed by atoms with E-state index in [1.54, 1.807) is 0 Å². The van der Waals surface area contributed by atoms with Gasteiger partial charge < -0.3 is 54.5 Å². The average molecular weight is 610 g/mol. The number of benzene rings is 1. The Bertz CT molecular complexity index is 1030. The summed E-state index contributed by atoms with van der Waals surface area (Å²) in [6.07, 6.45) is -12.7. The molecule has 2 aliphatic rings. The van der Waals surface area contributed by atoms with Gasteiger partial charge in [-0.25, -0.2) is 0 Å². The SMILES string of the molecule is C[C@@H]1O[C@@H](Oc2ccc(C/C(=N/OS(=O)(=O)[O-])S[C@@H]3O[C@H](CO)[C@@H](O)[C@H](O)[C@H]3O)cc2)[C@H](O)[C@H](O)[C@H]1O.[K+]. The van der Waals surface area contributed by atoms with Crippen molar-refractivity contribution in [3.8, 4) is 5.75 Å². The van der Waals surface area contributed by atoms with Gasteiger partial charge in [-0.05, 0) is 24.6 Å². The number of oxime groups is 1. The van der Waals surface area contributed by atoms with Crippen LogP contribution in [0, 0.1) is 0 Å². The van der Waals surface area contributed by atoms with Crippen LogP contribution in [0.25, 0.3) is 0 Å². The smallest absolute Gasteiger partial charge is 0.714 e. The average Bonchev–Trinajstić information content (AvgIpc) is 2.85. The van der Waals surface area contributed by atoms with Crippen molar-refractivity contribution in [2.45, 2.75) is 73.9 Å². The second-order valence-electron chi connectivity index (χ2n) is 8.40. The van der Waals surface area contributed by atoms with Crippen molar-refractivity contribution in [3.63, 3.8) is 0 Å². The minimum Gasteiger partial charge on any atom is -0.714 e. The Morgan fingerprint density at radius 1 is 0.974 bits per heavy atom. The van der Waals surface area contributed by atoms with Crippen molar-refractivity contribution in [1.82, 2.24) is 0 Å². The molecule has 2 fully saturated rings. The maximum absolute atomic E-state index is 10.9. The van der Waals surface area contributed by atoms with Gasteiger partial charge in [-0.1, -0.05) is 29.1 Å². The van der Waals surface area contributed by atoms with E-state index < -0.39 is 77.6 Å². The third-order valence-electron chi connectivity index (χ3n) is 5.67. The Hall–Kier alpha value is 0.0264. The van der Waals surface area contributed by atoms with Gasteiger partial charge in [0.25, 0.3) is 10.4 Å². The van der Waals surface area contributed by atoms with Crippen molar-refractivity contribution in [2.24, 2.45) is 5.16 Å². The number of thioether (sulfide) groups is 1. The zero-order valence-electron chi connectivity index (χ0n) is 20.2. The first kappa shape index (κ1) is 34.2. The minimum absolute atomic E-state index is 0. The fraction of sp³-hybridized carbons (Fsp3) is 0.650. The predicted octanol–water partition coefficient (Wildman–Crippen LogP) is -6.24. The zero-order chi connectivity index (χ0) is 27.5. The number of aliphatic hydroxyl groups is 7. The maximum atomic E-state index is 10.9. The summed E-state index contributed by atoms with van der Waals surface area (Å²) in [5.74, 6) is 0.210. The van der Waals surface area contributed by atoms with Crippen molar-refractivity contribution < 1.29 is 119 Å². The van der Waals surface area contributed by atoms with E-state index in [4.69, 9.17) is 14.2 Å². The van der Waals surface area contributed by atoms with Gasteiger partial charge in [-0.3, -0.25) is 4.28 Å². The molecule has 2 heterocycles. The minimum atomic E-state index is -5.22. The molecule has 0 amide bonds. The second kappa shape index (κ2) is 14.8. The van der Waals surface area contributed by atoms with Gasteiger partial charge >= 0.3 is 51.4 Å². The first-order valence-electron chi connectivity index (χ1n) is 10.9. The molecule has 38 heavy (non-hydrogen) atoms. The molecule has 18 heteroatoms. The van der Waals surface area contributed by atoms with Crippen molar-refractivity contribution in [2.75, 3.05) is 6.61 Å².